The minimum atomic E-state index is -1.15. The van der Waals surface area contributed by atoms with Crippen LogP contribution in [0.3, 0.4) is 0 Å². The first kappa shape index (κ1) is 12.5. The number of hydrogen-bond acceptors (Lipinski definition) is 3. The molecule has 0 aliphatic heterocycles. The Balaban J connectivity index is 2.23. The number of aliphatic carboxylic acids is 1. The van der Waals surface area contributed by atoms with E-state index in [4.69, 9.17) is 14.6 Å². The number of ether oxygens (including phenoxy) is 2. The van der Waals surface area contributed by atoms with Crippen LogP contribution in [0.4, 0.5) is 0 Å². The van der Waals surface area contributed by atoms with Crippen molar-refractivity contribution in [2.45, 2.75) is 25.7 Å². The number of carboxylic acids is 1. The van der Waals surface area contributed by atoms with E-state index >= 15 is 0 Å². The standard InChI is InChI=1S/C14H16O4/c1-9-3-4-11(10-5-6-10)7-12(9)18-13(8-17-2)14(15)16/h3-4,7-8,10H,5-6H2,1-2H3,(H,15,16)/b13-8-. The lowest BCUT2D eigenvalue weighted by atomic mass is 10.1. The molecule has 0 atom stereocenters. The molecule has 4 nitrogen and oxygen atoms in total. The minimum Gasteiger partial charge on any atom is -0.500 e. The van der Waals surface area contributed by atoms with Crippen molar-refractivity contribution in [1.82, 2.24) is 0 Å². The van der Waals surface area contributed by atoms with E-state index in [1.54, 1.807) is 0 Å². The van der Waals surface area contributed by atoms with Gasteiger partial charge >= 0.3 is 5.97 Å². The Labute approximate surface area is 106 Å². The van der Waals surface area contributed by atoms with Crippen molar-refractivity contribution >= 4 is 5.97 Å². The maximum Gasteiger partial charge on any atom is 0.375 e. The molecule has 0 spiro atoms. The van der Waals surface area contributed by atoms with Crippen molar-refractivity contribution in [2.75, 3.05) is 7.11 Å². The minimum absolute atomic E-state index is 0.214. The quantitative estimate of drug-likeness (QED) is 0.643. The number of carbonyl (C=O) groups is 1. The molecule has 1 saturated carbocycles. The van der Waals surface area contributed by atoms with Gasteiger partial charge in [0, 0.05) is 0 Å². The Morgan fingerprint density at radius 1 is 1.44 bits per heavy atom. The molecule has 0 bridgehead atoms. The molecule has 4 heteroatoms. The van der Waals surface area contributed by atoms with Gasteiger partial charge in [0.1, 0.15) is 12.0 Å². The van der Waals surface area contributed by atoms with E-state index in [0.717, 1.165) is 11.8 Å². The fraction of sp³-hybridized carbons (Fsp3) is 0.357. The third-order valence-electron chi connectivity index (χ3n) is 2.92. The van der Waals surface area contributed by atoms with E-state index in [0.29, 0.717) is 11.7 Å². The predicted octanol–water partition coefficient (Wildman–Crippen LogP) is 2.82. The number of methoxy groups -OCH3 is 1. The second kappa shape index (κ2) is 5.12. The summed E-state index contributed by atoms with van der Waals surface area (Å²) >= 11 is 0. The first-order valence-corrected chi connectivity index (χ1v) is 5.86. The molecule has 96 valence electrons. The summed E-state index contributed by atoms with van der Waals surface area (Å²) < 4.78 is 10.1. The summed E-state index contributed by atoms with van der Waals surface area (Å²) in [7, 11) is 1.39. The summed E-state index contributed by atoms with van der Waals surface area (Å²) in [5.74, 6) is -0.181. The van der Waals surface area contributed by atoms with Gasteiger partial charge < -0.3 is 14.6 Å². The number of benzene rings is 1. The summed E-state index contributed by atoms with van der Waals surface area (Å²) in [5, 5.41) is 8.97. The maximum atomic E-state index is 11.0. The zero-order valence-corrected chi connectivity index (χ0v) is 10.5. The normalized spacial score (nSPS) is 15.3. The van der Waals surface area contributed by atoms with E-state index < -0.39 is 5.97 Å². The summed E-state index contributed by atoms with van der Waals surface area (Å²) in [5.41, 5.74) is 2.11. The average molecular weight is 248 g/mol. The molecule has 2 rings (SSSR count). The second-order valence-electron chi connectivity index (χ2n) is 4.42. The largest absolute Gasteiger partial charge is 0.500 e. The van der Waals surface area contributed by atoms with Gasteiger partial charge in [-0.1, -0.05) is 12.1 Å². The third kappa shape index (κ3) is 2.83. The fourth-order valence-corrected chi connectivity index (χ4v) is 1.74. The van der Waals surface area contributed by atoms with Gasteiger partial charge in [-0.2, -0.15) is 0 Å². The number of aryl methyl sites for hydroxylation is 1. The predicted molar refractivity (Wildman–Crippen MR) is 66.5 cm³/mol. The first-order chi connectivity index (χ1) is 8.61. The Hall–Kier alpha value is -1.97. The van der Waals surface area contributed by atoms with E-state index in [1.165, 1.54) is 25.5 Å². The monoisotopic (exact) mass is 248 g/mol. The Bertz CT molecular complexity index is 487. The van der Waals surface area contributed by atoms with E-state index in [2.05, 4.69) is 6.07 Å². The lowest BCUT2D eigenvalue weighted by molar-refractivity contribution is -0.135. The lowest BCUT2D eigenvalue weighted by Crippen LogP contribution is -2.09. The van der Waals surface area contributed by atoms with Crippen LogP contribution in [0.5, 0.6) is 5.75 Å². The molecule has 0 heterocycles. The van der Waals surface area contributed by atoms with Gasteiger partial charge in [0.15, 0.2) is 0 Å². The number of hydrogen-bond donors (Lipinski definition) is 1. The van der Waals surface area contributed by atoms with Crippen molar-refractivity contribution in [1.29, 1.82) is 0 Å². The van der Waals surface area contributed by atoms with Crippen molar-refractivity contribution in [2.24, 2.45) is 0 Å². The van der Waals surface area contributed by atoms with Crippen molar-refractivity contribution in [3.05, 3.63) is 41.3 Å². The molecule has 1 aromatic carbocycles. The molecule has 1 aliphatic carbocycles. The van der Waals surface area contributed by atoms with Crippen LogP contribution in [0.25, 0.3) is 0 Å². The average Bonchev–Trinajstić information content (AvgIpc) is 3.15. The van der Waals surface area contributed by atoms with Crippen LogP contribution in [0, 0.1) is 6.92 Å². The third-order valence-corrected chi connectivity index (χ3v) is 2.92. The van der Waals surface area contributed by atoms with Crippen LogP contribution >= 0.6 is 0 Å². The Kier molecular flexibility index (Phi) is 3.55. The molecule has 0 unspecified atom stereocenters. The topological polar surface area (TPSA) is 55.8 Å². The van der Waals surface area contributed by atoms with Gasteiger partial charge in [-0.15, -0.1) is 0 Å². The highest BCUT2D eigenvalue weighted by Gasteiger charge is 2.24. The van der Waals surface area contributed by atoms with Crippen LogP contribution in [0.15, 0.2) is 30.2 Å². The summed E-state index contributed by atoms with van der Waals surface area (Å²) in [4.78, 5) is 11.0. The van der Waals surface area contributed by atoms with Gasteiger partial charge in [-0.05, 0) is 42.9 Å². The van der Waals surface area contributed by atoms with Gasteiger partial charge in [-0.25, -0.2) is 4.79 Å². The summed E-state index contributed by atoms with van der Waals surface area (Å²) in [6.07, 6.45) is 3.48. The van der Waals surface area contributed by atoms with Crippen LogP contribution < -0.4 is 4.74 Å². The molecule has 0 radical (unpaired) electrons. The number of carboxylic acid groups (broad SMARTS) is 1. The molecule has 1 aliphatic rings. The highest BCUT2D eigenvalue weighted by Crippen LogP contribution is 2.41. The molecule has 1 aromatic rings. The molecule has 0 saturated heterocycles. The van der Waals surface area contributed by atoms with E-state index in [-0.39, 0.29) is 5.76 Å². The highest BCUT2D eigenvalue weighted by atomic mass is 16.5. The van der Waals surface area contributed by atoms with Gasteiger partial charge in [0.05, 0.1) is 7.11 Å². The molecule has 0 amide bonds. The van der Waals surface area contributed by atoms with Crippen LogP contribution in [-0.2, 0) is 9.53 Å². The highest BCUT2D eigenvalue weighted by molar-refractivity contribution is 5.84. The number of rotatable bonds is 5. The van der Waals surface area contributed by atoms with Crippen molar-refractivity contribution < 1.29 is 19.4 Å². The van der Waals surface area contributed by atoms with Crippen LogP contribution in [0.1, 0.15) is 29.9 Å². The van der Waals surface area contributed by atoms with Crippen molar-refractivity contribution in [3.8, 4) is 5.75 Å². The van der Waals surface area contributed by atoms with Crippen molar-refractivity contribution in [3.63, 3.8) is 0 Å². The van der Waals surface area contributed by atoms with E-state index in [1.807, 2.05) is 19.1 Å². The molecule has 0 aromatic heterocycles. The summed E-state index contributed by atoms with van der Waals surface area (Å²) in [6.45, 7) is 1.89. The zero-order valence-electron chi connectivity index (χ0n) is 10.5. The van der Waals surface area contributed by atoms with Crippen LogP contribution in [-0.4, -0.2) is 18.2 Å². The lowest BCUT2D eigenvalue weighted by Gasteiger charge is -2.10. The fourth-order valence-electron chi connectivity index (χ4n) is 1.74. The molecular formula is C14H16O4. The smallest absolute Gasteiger partial charge is 0.375 e. The SMILES string of the molecule is CO/C=C(\Oc1cc(C2CC2)ccc1C)C(=O)O. The molecular weight excluding hydrogens is 232 g/mol. The molecule has 18 heavy (non-hydrogen) atoms. The second-order valence-corrected chi connectivity index (χ2v) is 4.42. The summed E-state index contributed by atoms with van der Waals surface area (Å²) in [6, 6.07) is 5.94. The molecule has 1 N–H and O–H groups in total. The molecule has 1 fully saturated rings. The van der Waals surface area contributed by atoms with Gasteiger partial charge in [-0.3, -0.25) is 0 Å². The van der Waals surface area contributed by atoms with E-state index in [9.17, 15) is 4.79 Å². The Morgan fingerprint density at radius 3 is 2.72 bits per heavy atom. The van der Waals surface area contributed by atoms with Gasteiger partial charge in [0.2, 0.25) is 5.76 Å². The van der Waals surface area contributed by atoms with Gasteiger partial charge in [0.25, 0.3) is 0 Å². The zero-order chi connectivity index (χ0) is 13.1. The van der Waals surface area contributed by atoms with Crippen LogP contribution in [0.2, 0.25) is 0 Å². The Morgan fingerprint density at radius 2 is 2.17 bits per heavy atom. The first-order valence-electron chi connectivity index (χ1n) is 5.86. The maximum absolute atomic E-state index is 11.0.